The normalized spacial score (nSPS) is 12.6. The molecule has 0 saturated carbocycles. The first-order chi connectivity index (χ1) is 53.8. The van der Waals surface area contributed by atoms with Crippen molar-refractivity contribution in [3.8, 4) is 67.0 Å². The highest BCUT2D eigenvalue weighted by Crippen LogP contribution is 2.53. The lowest BCUT2D eigenvalue weighted by atomic mass is 9.80. The minimum absolute atomic E-state index is 0.0372. The molecule has 0 saturated heterocycles. The topological polar surface area (TPSA) is 56.8 Å². The SMILES string of the molecule is CC1(C)c2ccccc2-c2ccc(N(c3ccc(-c4ccccc4)cc3)c3ccc(-c4ccc5c(c4)c4ccccc4n5-c4ccccc4)cc3)cc21.CC1(C)c2ccccc2-c2ccc(N(c3ccc(Br)cc3)c3ccc(-c4ccccc4)cc3)cc21.OB(O)c1ccc2c(c1)c1ccccc1n2-c1ccccc1. The standard InChI is InChI=1S/C51H38N2.C33H26BrN.C18H14BNO2/c1-51(2)47-19-11-9-17-43(47)44-31-30-42(34-48(44)51)52(40-26-21-36(22-27-40)35-13-5-3-6-14-35)41-28-23-37(24-29-41)38-25-32-50-46(33-38)45-18-10-12-20-49(45)53(50)39-15-7-4-8-16-39;1-33(2)31-11-7-6-10-29(31)30-21-20-28(22-32(30)33)35(27-18-14-25(34)15-19-27)26-16-12-24(13-17-26)23-8-4-3-5-9-23;21-19(22)13-10-11-18-16(12-13)15-8-4-5-9-17(15)20(18)14-6-2-1-3-7-14/h3-34H,1-2H3;3-22H,1-2H3;1-12,21-22H. The van der Waals surface area contributed by atoms with Gasteiger partial charge in [0.2, 0.25) is 0 Å². The maximum Gasteiger partial charge on any atom is 0.488 e. The fourth-order valence-electron chi connectivity index (χ4n) is 16.8. The number of rotatable bonds is 12. The molecule has 2 heterocycles. The highest BCUT2D eigenvalue weighted by molar-refractivity contribution is 9.10. The fraction of sp³-hybridized carbons (Fsp3) is 0.0588. The van der Waals surface area contributed by atoms with Crippen molar-refractivity contribution in [2.45, 2.75) is 38.5 Å². The van der Waals surface area contributed by atoms with E-state index in [1.165, 1.54) is 111 Å². The second-order valence-electron chi connectivity index (χ2n) is 29.6. The van der Waals surface area contributed by atoms with Gasteiger partial charge < -0.3 is 29.0 Å². The van der Waals surface area contributed by atoms with Crippen LogP contribution in [0.5, 0.6) is 0 Å². The second kappa shape index (κ2) is 28.7. The molecule has 0 amide bonds. The molecule has 0 aliphatic heterocycles. The third-order valence-corrected chi connectivity index (χ3v) is 22.9. The molecule has 6 nitrogen and oxygen atoms in total. The van der Waals surface area contributed by atoms with E-state index in [0.717, 1.165) is 60.4 Å². The summed E-state index contributed by atoms with van der Waals surface area (Å²) in [4.78, 5) is 4.75. The molecule has 0 radical (unpaired) electrons. The number of benzene rings is 16. The van der Waals surface area contributed by atoms with Gasteiger partial charge in [-0.2, -0.15) is 0 Å². The van der Waals surface area contributed by atoms with Crippen LogP contribution in [-0.4, -0.2) is 26.3 Å². The van der Waals surface area contributed by atoms with Crippen molar-refractivity contribution in [2.75, 3.05) is 9.80 Å². The maximum absolute atomic E-state index is 9.43. The average molecular weight is 1480 g/mol. The van der Waals surface area contributed by atoms with Crippen molar-refractivity contribution in [1.82, 2.24) is 9.13 Å². The molecule has 528 valence electrons. The second-order valence-corrected chi connectivity index (χ2v) is 30.5. The fourth-order valence-corrected chi connectivity index (χ4v) is 17.1. The molecule has 2 N–H and O–H groups in total. The highest BCUT2D eigenvalue weighted by Gasteiger charge is 2.37. The van der Waals surface area contributed by atoms with Crippen LogP contribution in [0.15, 0.2) is 393 Å². The van der Waals surface area contributed by atoms with Crippen LogP contribution in [0, 0.1) is 0 Å². The van der Waals surface area contributed by atoms with Crippen molar-refractivity contribution in [3.63, 3.8) is 0 Å². The Kier molecular flexibility index (Phi) is 18.0. The smallest absolute Gasteiger partial charge is 0.423 e. The van der Waals surface area contributed by atoms with E-state index in [4.69, 9.17) is 0 Å². The van der Waals surface area contributed by atoms with Crippen LogP contribution in [0.3, 0.4) is 0 Å². The molecular formula is C102H78BBrN4O2. The van der Waals surface area contributed by atoms with Gasteiger partial charge in [0.1, 0.15) is 0 Å². The molecule has 20 rings (SSSR count). The quantitative estimate of drug-likeness (QED) is 0.120. The molecule has 0 bridgehead atoms. The van der Waals surface area contributed by atoms with Gasteiger partial charge in [0.25, 0.3) is 0 Å². The Bertz CT molecular complexity index is 6420. The zero-order chi connectivity index (χ0) is 74.6. The summed E-state index contributed by atoms with van der Waals surface area (Å²) in [5.41, 5.74) is 32.2. The van der Waals surface area contributed by atoms with Gasteiger partial charge >= 0.3 is 7.12 Å². The number of fused-ring (bicyclic) bond motifs is 12. The summed E-state index contributed by atoms with van der Waals surface area (Å²) in [7, 11) is -1.46. The first kappa shape index (κ1) is 69.0. The van der Waals surface area contributed by atoms with E-state index in [-0.39, 0.29) is 10.8 Å². The minimum Gasteiger partial charge on any atom is -0.423 e. The average Bonchev–Trinajstić information content (AvgIpc) is 1.58. The van der Waals surface area contributed by atoms with Crippen LogP contribution < -0.4 is 15.3 Å². The van der Waals surface area contributed by atoms with Crippen LogP contribution in [0.4, 0.5) is 34.1 Å². The molecule has 0 unspecified atom stereocenters. The molecule has 2 aliphatic rings. The lowest BCUT2D eigenvalue weighted by Gasteiger charge is -2.28. The number of halogens is 1. The Labute approximate surface area is 651 Å². The number of para-hydroxylation sites is 4. The summed E-state index contributed by atoms with van der Waals surface area (Å²) in [5, 5.41) is 23.5. The summed E-state index contributed by atoms with van der Waals surface area (Å²) in [5.74, 6) is 0. The van der Waals surface area contributed by atoms with E-state index in [0.29, 0.717) is 5.46 Å². The molecule has 8 heteroatoms. The molecule has 16 aromatic carbocycles. The van der Waals surface area contributed by atoms with Gasteiger partial charge in [-0.3, -0.25) is 0 Å². The number of aromatic nitrogens is 2. The summed E-state index contributed by atoms with van der Waals surface area (Å²) >= 11 is 3.60. The first-order valence-electron chi connectivity index (χ1n) is 37.6. The van der Waals surface area contributed by atoms with Crippen molar-refractivity contribution < 1.29 is 10.0 Å². The minimum atomic E-state index is -1.46. The van der Waals surface area contributed by atoms with Crippen molar-refractivity contribution in [1.29, 1.82) is 0 Å². The van der Waals surface area contributed by atoms with Crippen LogP contribution >= 0.6 is 15.9 Å². The van der Waals surface area contributed by atoms with Gasteiger partial charge in [-0.15, -0.1) is 0 Å². The molecule has 2 aromatic heterocycles. The molecule has 0 atom stereocenters. The maximum atomic E-state index is 9.43. The molecule has 18 aromatic rings. The lowest BCUT2D eigenvalue weighted by molar-refractivity contribution is 0.426. The van der Waals surface area contributed by atoms with Crippen LogP contribution in [0.25, 0.3) is 111 Å². The van der Waals surface area contributed by atoms with Crippen molar-refractivity contribution >= 4 is 106 Å². The van der Waals surface area contributed by atoms with E-state index in [1.54, 1.807) is 6.07 Å². The van der Waals surface area contributed by atoms with Crippen LogP contribution in [0.2, 0.25) is 0 Å². The Hall–Kier alpha value is -12.8. The van der Waals surface area contributed by atoms with Crippen LogP contribution in [-0.2, 0) is 10.8 Å². The van der Waals surface area contributed by atoms with E-state index in [9.17, 15) is 10.0 Å². The summed E-state index contributed by atoms with van der Waals surface area (Å²) < 4.78 is 5.64. The van der Waals surface area contributed by atoms with Gasteiger partial charge in [0, 0.05) is 82.3 Å². The number of hydrogen-bond acceptors (Lipinski definition) is 4. The molecule has 110 heavy (non-hydrogen) atoms. The van der Waals surface area contributed by atoms with E-state index in [2.05, 4.69) is 402 Å². The van der Waals surface area contributed by atoms with E-state index >= 15 is 0 Å². The highest BCUT2D eigenvalue weighted by atomic mass is 79.9. The number of anilines is 6. The number of nitrogens with zero attached hydrogens (tertiary/aromatic N) is 4. The molecule has 0 fully saturated rings. The Morgan fingerprint density at radius 3 is 0.991 bits per heavy atom. The van der Waals surface area contributed by atoms with Gasteiger partial charge in [-0.05, 0) is 223 Å². The predicted molar refractivity (Wildman–Crippen MR) is 466 cm³/mol. The summed E-state index contributed by atoms with van der Waals surface area (Å²) in [6, 6.07) is 138. The van der Waals surface area contributed by atoms with Gasteiger partial charge in [0.15, 0.2) is 0 Å². The summed E-state index contributed by atoms with van der Waals surface area (Å²) in [6.45, 7) is 9.37. The Morgan fingerprint density at radius 1 is 0.255 bits per heavy atom. The Balaban J connectivity index is 0.000000127. The van der Waals surface area contributed by atoms with Crippen molar-refractivity contribution in [2.24, 2.45) is 0 Å². The molecule has 2 aliphatic carbocycles. The van der Waals surface area contributed by atoms with Gasteiger partial charge in [0.05, 0.1) is 22.1 Å². The molecular weight excluding hydrogens is 1400 g/mol. The zero-order valence-electron chi connectivity index (χ0n) is 61.6. The third kappa shape index (κ3) is 12.6. The predicted octanol–water partition coefficient (Wildman–Crippen LogP) is 26.2. The monoisotopic (exact) mass is 1480 g/mol. The Morgan fingerprint density at radius 2 is 0.564 bits per heavy atom. The van der Waals surface area contributed by atoms with Gasteiger partial charge in [-0.25, -0.2) is 0 Å². The van der Waals surface area contributed by atoms with E-state index < -0.39 is 7.12 Å². The van der Waals surface area contributed by atoms with E-state index in [1.807, 2.05) is 42.5 Å². The first-order valence-corrected chi connectivity index (χ1v) is 38.4. The molecule has 0 spiro atoms. The largest absolute Gasteiger partial charge is 0.488 e. The van der Waals surface area contributed by atoms with Gasteiger partial charge in [-0.1, -0.05) is 292 Å². The zero-order valence-corrected chi connectivity index (χ0v) is 63.2. The van der Waals surface area contributed by atoms with Crippen molar-refractivity contribution in [3.05, 3.63) is 415 Å². The van der Waals surface area contributed by atoms with Crippen LogP contribution in [0.1, 0.15) is 49.9 Å². The summed E-state index contributed by atoms with van der Waals surface area (Å²) in [6.07, 6.45) is 0. The number of hydrogen-bond donors (Lipinski definition) is 2. The lowest BCUT2D eigenvalue weighted by Crippen LogP contribution is -2.29. The third-order valence-electron chi connectivity index (χ3n) is 22.4.